The number of amides is 1. The molecule has 1 rings (SSSR count). The first kappa shape index (κ1) is 17.1. The van der Waals surface area contributed by atoms with Gasteiger partial charge in [0.05, 0.1) is 18.3 Å². The van der Waals surface area contributed by atoms with E-state index in [2.05, 4.69) is 0 Å². The van der Waals surface area contributed by atoms with Crippen LogP contribution >= 0.6 is 0 Å². The monoisotopic (exact) mass is 295 g/mol. The van der Waals surface area contributed by atoms with E-state index in [1.165, 1.54) is 0 Å². The molecule has 0 bridgehead atoms. The first-order valence-electron chi connectivity index (χ1n) is 7.18. The zero-order valence-corrected chi connectivity index (χ0v) is 13.6. The molecule has 0 unspecified atom stereocenters. The van der Waals surface area contributed by atoms with Crippen molar-refractivity contribution < 1.29 is 19.0 Å². The van der Waals surface area contributed by atoms with Gasteiger partial charge >= 0.3 is 0 Å². The van der Waals surface area contributed by atoms with Gasteiger partial charge in [0.1, 0.15) is 22.8 Å². The van der Waals surface area contributed by atoms with E-state index in [0.717, 1.165) is 0 Å². The van der Waals surface area contributed by atoms with E-state index in [1.54, 1.807) is 12.1 Å². The molecular weight excluding hydrogens is 270 g/mol. The van der Waals surface area contributed by atoms with Crippen LogP contribution in [0.25, 0.3) is 0 Å². The number of hydrogen-bond donors (Lipinski definition) is 1. The summed E-state index contributed by atoms with van der Waals surface area (Å²) in [5, 5.41) is 0. The van der Waals surface area contributed by atoms with Crippen molar-refractivity contribution in [3.05, 3.63) is 17.7 Å². The minimum Gasteiger partial charge on any atom is -0.491 e. The average molecular weight is 295 g/mol. The van der Waals surface area contributed by atoms with Gasteiger partial charge in [-0.3, -0.25) is 4.79 Å². The van der Waals surface area contributed by atoms with Crippen molar-refractivity contribution in [2.75, 3.05) is 0 Å². The van der Waals surface area contributed by atoms with Crippen LogP contribution in [0.4, 0.5) is 0 Å². The molecule has 0 atom stereocenters. The van der Waals surface area contributed by atoms with E-state index in [0.29, 0.717) is 17.2 Å². The number of benzene rings is 1. The Morgan fingerprint density at radius 3 is 1.52 bits per heavy atom. The lowest BCUT2D eigenvalue weighted by molar-refractivity contribution is 0.0987. The second-order valence-electron chi connectivity index (χ2n) is 5.66. The van der Waals surface area contributed by atoms with Crippen molar-refractivity contribution in [2.24, 2.45) is 5.73 Å². The van der Waals surface area contributed by atoms with Gasteiger partial charge in [-0.05, 0) is 41.5 Å². The second-order valence-corrected chi connectivity index (χ2v) is 5.66. The molecule has 0 aliphatic heterocycles. The van der Waals surface area contributed by atoms with E-state index in [1.807, 2.05) is 41.5 Å². The maximum Gasteiger partial charge on any atom is 0.256 e. The number of nitrogens with two attached hydrogens (primary N) is 1. The molecule has 0 aliphatic carbocycles. The van der Waals surface area contributed by atoms with Gasteiger partial charge in [0.2, 0.25) is 0 Å². The zero-order valence-electron chi connectivity index (χ0n) is 13.6. The van der Waals surface area contributed by atoms with E-state index in [-0.39, 0.29) is 23.9 Å². The maximum absolute atomic E-state index is 11.8. The largest absolute Gasteiger partial charge is 0.491 e. The summed E-state index contributed by atoms with van der Waals surface area (Å²) in [7, 11) is 0. The Morgan fingerprint density at radius 2 is 1.24 bits per heavy atom. The molecule has 21 heavy (non-hydrogen) atoms. The highest BCUT2D eigenvalue weighted by Crippen LogP contribution is 2.35. The molecule has 0 saturated carbocycles. The minimum atomic E-state index is -0.586. The molecule has 0 fully saturated rings. The summed E-state index contributed by atoms with van der Waals surface area (Å²) >= 11 is 0. The fourth-order valence-corrected chi connectivity index (χ4v) is 1.84. The molecule has 0 aromatic heterocycles. The maximum atomic E-state index is 11.8. The SMILES string of the molecule is CC(C)Oc1cc(OC(C)C)c(C(N)=O)c(OC(C)C)c1. The van der Waals surface area contributed by atoms with Gasteiger partial charge in [-0.1, -0.05) is 0 Å². The molecule has 2 N–H and O–H groups in total. The van der Waals surface area contributed by atoms with Crippen molar-refractivity contribution in [3.8, 4) is 17.2 Å². The molecule has 0 spiro atoms. The van der Waals surface area contributed by atoms with Gasteiger partial charge in [0.15, 0.2) is 0 Å². The summed E-state index contributed by atoms with van der Waals surface area (Å²) in [6, 6.07) is 3.35. The fraction of sp³-hybridized carbons (Fsp3) is 0.562. The van der Waals surface area contributed by atoms with Crippen molar-refractivity contribution in [1.29, 1.82) is 0 Å². The lowest BCUT2D eigenvalue weighted by Gasteiger charge is -2.20. The predicted molar refractivity (Wildman–Crippen MR) is 82.3 cm³/mol. The van der Waals surface area contributed by atoms with Crippen LogP contribution in [0.5, 0.6) is 17.2 Å². The van der Waals surface area contributed by atoms with Gasteiger partial charge in [-0.15, -0.1) is 0 Å². The quantitative estimate of drug-likeness (QED) is 0.839. The van der Waals surface area contributed by atoms with Crippen LogP contribution in [-0.4, -0.2) is 24.2 Å². The van der Waals surface area contributed by atoms with Crippen LogP contribution in [0, 0.1) is 0 Å². The Labute approximate surface area is 126 Å². The van der Waals surface area contributed by atoms with Crippen LogP contribution < -0.4 is 19.9 Å². The highest BCUT2D eigenvalue weighted by atomic mass is 16.5. The predicted octanol–water partition coefficient (Wildman–Crippen LogP) is 3.15. The number of hydrogen-bond acceptors (Lipinski definition) is 4. The van der Waals surface area contributed by atoms with Crippen molar-refractivity contribution >= 4 is 5.91 Å². The van der Waals surface area contributed by atoms with E-state index in [4.69, 9.17) is 19.9 Å². The highest BCUT2D eigenvalue weighted by Gasteiger charge is 2.21. The Morgan fingerprint density at radius 1 is 0.857 bits per heavy atom. The van der Waals surface area contributed by atoms with Crippen LogP contribution in [0.15, 0.2) is 12.1 Å². The lowest BCUT2D eigenvalue weighted by atomic mass is 10.1. The summed E-state index contributed by atoms with van der Waals surface area (Å²) in [5.74, 6) is 0.760. The Bertz CT molecular complexity index is 464. The summed E-state index contributed by atoms with van der Waals surface area (Å²) in [6.45, 7) is 11.4. The smallest absolute Gasteiger partial charge is 0.256 e. The number of carbonyl (C=O) groups is 1. The molecule has 0 heterocycles. The molecule has 5 heteroatoms. The van der Waals surface area contributed by atoms with Gasteiger partial charge in [-0.25, -0.2) is 0 Å². The minimum absolute atomic E-state index is 0.00299. The Kier molecular flexibility index (Phi) is 5.88. The molecule has 0 radical (unpaired) electrons. The van der Waals surface area contributed by atoms with E-state index in [9.17, 15) is 4.79 Å². The van der Waals surface area contributed by atoms with Crippen molar-refractivity contribution in [2.45, 2.75) is 59.9 Å². The molecule has 0 saturated heterocycles. The topological polar surface area (TPSA) is 70.8 Å². The van der Waals surface area contributed by atoms with Crippen LogP contribution in [0.2, 0.25) is 0 Å². The summed E-state index contributed by atoms with van der Waals surface area (Å²) < 4.78 is 17.1. The zero-order chi connectivity index (χ0) is 16.2. The van der Waals surface area contributed by atoms with Crippen molar-refractivity contribution in [1.82, 2.24) is 0 Å². The molecule has 118 valence electrons. The van der Waals surface area contributed by atoms with Gasteiger partial charge in [0, 0.05) is 12.1 Å². The van der Waals surface area contributed by atoms with Crippen LogP contribution in [0.3, 0.4) is 0 Å². The third kappa shape index (κ3) is 5.17. The number of rotatable bonds is 7. The number of ether oxygens (including phenoxy) is 3. The first-order valence-corrected chi connectivity index (χ1v) is 7.18. The molecule has 1 aromatic rings. The highest BCUT2D eigenvalue weighted by molar-refractivity contribution is 5.99. The van der Waals surface area contributed by atoms with E-state index < -0.39 is 5.91 Å². The fourth-order valence-electron chi connectivity index (χ4n) is 1.84. The van der Waals surface area contributed by atoms with Crippen molar-refractivity contribution in [3.63, 3.8) is 0 Å². The summed E-state index contributed by atoms with van der Waals surface area (Å²) in [4.78, 5) is 11.8. The molecule has 1 amide bonds. The lowest BCUT2D eigenvalue weighted by Crippen LogP contribution is -2.19. The summed E-state index contributed by atoms with van der Waals surface area (Å²) in [5.41, 5.74) is 5.72. The average Bonchev–Trinajstić information content (AvgIpc) is 2.24. The van der Waals surface area contributed by atoms with Crippen LogP contribution in [0.1, 0.15) is 51.9 Å². The van der Waals surface area contributed by atoms with Gasteiger partial charge < -0.3 is 19.9 Å². The molecule has 5 nitrogen and oxygen atoms in total. The standard InChI is InChI=1S/C16H25NO4/c1-9(2)19-12-7-13(20-10(3)4)15(16(17)18)14(8-12)21-11(5)6/h7-11H,1-6H3,(H2,17,18). The second kappa shape index (κ2) is 7.20. The Balaban J connectivity index is 3.37. The third-order valence-corrected chi connectivity index (χ3v) is 2.38. The number of carbonyl (C=O) groups excluding carboxylic acids is 1. The molecule has 1 aromatic carbocycles. The number of primary amides is 1. The first-order chi connectivity index (χ1) is 9.70. The molecule has 0 aliphatic rings. The van der Waals surface area contributed by atoms with Gasteiger partial charge in [0.25, 0.3) is 5.91 Å². The third-order valence-electron chi connectivity index (χ3n) is 2.38. The normalized spacial score (nSPS) is 11.1. The van der Waals surface area contributed by atoms with E-state index >= 15 is 0 Å². The van der Waals surface area contributed by atoms with Crippen LogP contribution in [-0.2, 0) is 0 Å². The summed E-state index contributed by atoms with van der Waals surface area (Å²) in [6.07, 6.45) is -0.183. The van der Waals surface area contributed by atoms with Gasteiger partial charge in [-0.2, -0.15) is 0 Å². The Hall–Kier alpha value is -1.91. The molecular formula is C16H25NO4.